The van der Waals surface area contributed by atoms with Gasteiger partial charge < -0.3 is 10.4 Å². The molecule has 0 bridgehead atoms. The van der Waals surface area contributed by atoms with E-state index < -0.39 is 5.97 Å². The zero-order valence-electron chi connectivity index (χ0n) is 17.0. The molecule has 2 rings (SSSR count). The Balaban J connectivity index is 0.000000260. The maximum Gasteiger partial charge on any atom is 0.306 e. The van der Waals surface area contributed by atoms with Gasteiger partial charge in [0, 0.05) is 12.6 Å². The normalized spacial score (nSPS) is 20.5. The highest BCUT2D eigenvalue weighted by molar-refractivity contribution is 5.89. The summed E-state index contributed by atoms with van der Waals surface area (Å²) in [6.45, 7) is 10.2. The molecule has 1 aromatic carbocycles. The standard InChI is InChI=1S/C11H15NO.C11H20O2/c1-4-10-8(2)6-5-7-11(10)12-9(3)13;1-3-8(2)9-4-6-10(7-5-9)11(12)13/h5-7H,4H2,1-3H3,(H,12,13);8-10H,3-7H2,1-2H3,(H,12,13). The number of hydrogen-bond donors (Lipinski definition) is 2. The molecule has 0 aromatic heterocycles. The van der Waals surface area contributed by atoms with Crippen molar-refractivity contribution in [2.24, 2.45) is 17.8 Å². The van der Waals surface area contributed by atoms with Crippen molar-refractivity contribution in [3.8, 4) is 0 Å². The Labute approximate surface area is 158 Å². The largest absolute Gasteiger partial charge is 0.481 e. The van der Waals surface area contributed by atoms with E-state index in [2.05, 4.69) is 39.1 Å². The molecule has 1 unspecified atom stereocenters. The van der Waals surface area contributed by atoms with Crippen LogP contribution in [0.25, 0.3) is 0 Å². The highest BCUT2D eigenvalue weighted by Crippen LogP contribution is 2.34. The van der Waals surface area contributed by atoms with E-state index in [1.165, 1.54) is 24.5 Å². The molecule has 1 saturated carbocycles. The third-order valence-corrected chi connectivity index (χ3v) is 5.64. The van der Waals surface area contributed by atoms with Crippen LogP contribution in [0.5, 0.6) is 0 Å². The van der Waals surface area contributed by atoms with Gasteiger partial charge >= 0.3 is 5.97 Å². The third kappa shape index (κ3) is 6.81. The minimum atomic E-state index is -0.595. The number of aliphatic carboxylic acids is 1. The van der Waals surface area contributed by atoms with Gasteiger partial charge in [0.2, 0.25) is 5.91 Å². The molecule has 0 spiro atoms. The zero-order chi connectivity index (χ0) is 19.7. The lowest BCUT2D eigenvalue weighted by Gasteiger charge is -2.29. The maximum absolute atomic E-state index is 10.9. The Kier molecular flexibility index (Phi) is 9.39. The molecule has 146 valence electrons. The van der Waals surface area contributed by atoms with Crippen molar-refractivity contribution in [3.05, 3.63) is 29.3 Å². The second-order valence-corrected chi connectivity index (χ2v) is 7.47. The maximum atomic E-state index is 10.9. The lowest BCUT2D eigenvalue weighted by atomic mass is 9.76. The van der Waals surface area contributed by atoms with Gasteiger partial charge in [0.1, 0.15) is 0 Å². The number of anilines is 1. The van der Waals surface area contributed by atoms with Crippen LogP contribution in [-0.4, -0.2) is 17.0 Å². The van der Waals surface area contributed by atoms with Crippen LogP contribution >= 0.6 is 0 Å². The Bertz CT molecular complexity index is 589. The summed E-state index contributed by atoms with van der Waals surface area (Å²) < 4.78 is 0. The first kappa shape index (κ1) is 22.2. The van der Waals surface area contributed by atoms with Crippen LogP contribution in [0.15, 0.2) is 18.2 Å². The van der Waals surface area contributed by atoms with Crippen molar-refractivity contribution in [1.82, 2.24) is 0 Å². The smallest absolute Gasteiger partial charge is 0.306 e. The fraction of sp³-hybridized carbons (Fsp3) is 0.636. The number of aryl methyl sites for hydroxylation is 1. The predicted molar refractivity (Wildman–Crippen MR) is 107 cm³/mol. The van der Waals surface area contributed by atoms with Gasteiger partial charge in [0.15, 0.2) is 0 Å². The van der Waals surface area contributed by atoms with E-state index in [9.17, 15) is 9.59 Å². The number of rotatable bonds is 5. The highest BCUT2D eigenvalue weighted by atomic mass is 16.4. The molecule has 1 fully saturated rings. The van der Waals surface area contributed by atoms with Gasteiger partial charge in [0.05, 0.1) is 5.92 Å². The Morgan fingerprint density at radius 2 is 1.81 bits per heavy atom. The molecule has 0 saturated heterocycles. The number of nitrogens with one attached hydrogen (secondary N) is 1. The molecule has 0 radical (unpaired) electrons. The first-order valence-corrected chi connectivity index (χ1v) is 9.88. The van der Waals surface area contributed by atoms with Gasteiger partial charge in [-0.15, -0.1) is 0 Å². The minimum Gasteiger partial charge on any atom is -0.481 e. The second kappa shape index (κ2) is 11.0. The van der Waals surface area contributed by atoms with E-state index in [1.54, 1.807) is 0 Å². The second-order valence-electron chi connectivity index (χ2n) is 7.47. The quantitative estimate of drug-likeness (QED) is 0.734. The summed E-state index contributed by atoms with van der Waals surface area (Å²) in [5, 5.41) is 11.6. The number of hydrogen-bond acceptors (Lipinski definition) is 2. The van der Waals surface area contributed by atoms with Gasteiger partial charge in [-0.1, -0.05) is 39.3 Å². The van der Waals surface area contributed by atoms with Crippen LogP contribution in [0.1, 0.15) is 70.9 Å². The molecule has 4 nitrogen and oxygen atoms in total. The highest BCUT2D eigenvalue weighted by Gasteiger charge is 2.27. The molecule has 0 heterocycles. The van der Waals surface area contributed by atoms with Crippen molar-refractivity contribution < 1.29 is 14.7 Å². The number of amides is 1. The summed E-state index contributed by atoms with van der Waals surface area (Å²) in [5.41, 5.74) is 3.39. The summed E-state index contributed by atoms with van der Waals surface area (Å²) in [6, 6.07) is 5.96. The zero-order valence-corrected chi connectivity index (χ0v) is 17.0. The van der Waals surface area contributed by atoms with Crippen LogP contribution in [0.2, 0.25) is 0 Å². The van der Waals surface area contributed by atoms with Crippen LogP contribution in [0, 0.1) is 24.7 Å². The Morgan fingerprint density at radius 1 is 1.19 bits per heavy atom. The first-order chi connectivity index (χ1) is 12.3. The van der Waals surface area contributed by atoms with Crippen LogP contribution in [-0.2, 0) is 16.0 Å². The number of carboxylic acids is 1. The molecule has 1 aromatic rings. The summed E-state index contributed by atoms with van der Waals surface area (Å²) in [6.07, 6.45) is 6.19. The average molecular weight is 362 g/mol. The summed E-state index contributed by atoms with van der Waals surface area (Å²) in [4.78, 5) is 21.6. The topological polar surface area (TPSA) is 66.4 Å². The molecule has 1 atom stereocenters. The number of carbonyl (C=O) groups excluding carboxylic acids is 1. The van der Waals surface area contributed by atoms with Crippen molar-refractivity contribution in [3.63, 3.8) is 0 Å². The van der Waals surface area contributed by atoms with E-state index >= 15 is 0 Å². The Morgan fingerprint density at radius 3 is 2.27 bits per heavy atom. The van der Waals surface area contributed by atoms with Gasteiger partial charge in [-0.05, 0) is 68.1 Å². The van der Waals surface area contributed by atoms with Gasteiger partial charge in [0.25, 0.3) is 0 Å². The van der Waals surface area contributed by atoms with Gasteiger partial charge in [-0.25, -0.2) is 0 Å². The lowest BCUT2D eigenvalue weighted by Crippen LogP contribution is -2.24. The number of carbonyl (C=O) groups is 2. The van der Waals surface area contributed by atoms with E-state index in [4.69, 9.17) is 5.11 Å². The SMILES string of the molecule is CCC(C)C1CCC(C(=O)O)CC1.CCc1c(C)cccc1NC(C)=O. The van der Waals surface area contributed by atoms with Crippen molar-refractivity contribution >= 4 is 17.6 Å². The summed E-state index contributed by atoms with van der Waals surface area (Å²) >= 11 is 0. The van der Waals surface area contributed by atoms with Crippen LogP contribution < -0.4 is 5.32 Å². The molecule has 1 amide bonds. The van der Waals surface area contributed by atoms with Crippen LogP contribution in [0.4, 0.5) is 5.69 Å². The predicted octanol–water partition coefficient (Wildman–Crippen LogP) is 5.44. The van der Waals surface area contributed by atoms with Gasteiger partial charge in [-0.2, -0.15) is 0 Å². The molecular formula is C22H35NO3. The lowest BCUT2D eigenvalue weighted by molar-refractivity contribution is -0.143. The van der Waals surface area contributed by atoms with E-state index in [0.29, 0.717) is 0 Å². The third-order valence-electron chi connectivity index (χ3n) is 5.64. The summed E-state index contributed by atoms with van der Waals surface area (Å²) in [7, 11) is 0. The van der Waals surface area contributed by atoms with Crippen molar-refractivity contribution in [1.29, 1.82) is 0 Å². The fourth-order valence-corrected chi connectivity index (χ4v) is 3.75. The molecular weight excluding hydrogens is 326 g/mol. The van der Waals surface area contributed by atoms with Crippen LogP contribution in [0.3, 0.4) is 0 Å². The molecule has 2 N–H and O–H groups in total. The fourth-order valence-electron chi connectivity index (χ4n) is 3.75. The van der Waals surface area contributed by atoms with Gasteiger partial charge in [-0.3, -0.25) is 9.59 Å². The molecule has 26 heavy (non-hydrogen) atoms. The Hall–Kier alpha value is -1.84. The number of benzene rings is 1. The van der Waals surface area contributed by atoms with E-state index in [0.717, 1.165) is 49.6 Å². The molecule has 4 heteroatoms. The number of carboxylic acid groups (broad SMARTS) is 1. The average Bonchev–Trinajstić information content (AvgIpc) is 2.61. The first-order valence-electron chi connectivity index (χ1n) is 9.88. The molecule has 1 aliphatic rings. The van der Waals surface area contributed by atoms with Crippen molar-refractivity contribution in [2.75, 3.05) is 5.32 Å². The van der Waals surface area contributed by atoms with Crippen molar-refractivity contribution in [2.45, 2.75) is 73.1 Å². The monoisotopic (exact) mass is 361 g/mol. The summed E-state index contributed by atoms with van der Waals surface area (Å²) in [5.74, 6) is 0.888. The molecule has 0 aliphatic heterocycles. The minimum absolute atomic E-state index is 0.0136. The van der Waals surface area contributed by atoms with E-state index in [1.807, 2.05) is 12.1 Å². The molecule has 1 aliphatic carbocycles. The van der Waals surface area contributed by atoms with E-state index in [-0.39, 0.29) is 11.8 Å².